The van der Waals surface area contributed by atoms with Gasteiger partial charge in [0.05, 0.1) is 30.6 Å². The van der Waals surface area contributed by atoms with Gasteiger partial charge in [-0.1, -0.05) is 59.9 Å². The van der Waals surface area contributed by atoms with E-state index in [-0.39, 0.29) is 25.9 Å². The molecule has 6 atom stereocenters. The van der Waals surface area contributed by atoms with Gasteiger partial charge >= 0.3 is 6.09 Å². The lowest BCUT2D eigenvalue weighted by Crippen LogP contribution is -2.55. The molecule has 4 aliphatic rings. The summed E-state index contributed by atoms with van der Waals surface area (Å²) in [4.78, 5) is 26.2. The summed E-state index contributed by atoms with van der Waals surface area (Å²) in [6.07, 6.45) is -0.983. The van der Waals surface area contributed by atoms with Crippen molar-refractivity contribution in [1.29, 1.82) is 0 Å². The second-order valence-electron chi connectivity index (χ2n) is 9.19. The Morgan fingerprint density at radius 1 is 1.35 bits per heavy atom. The van der Waals surface area contributed by atoms with Crippen LogP contribution < -0.4 is 10.4 Å². The first-order valence-electron chi connectivity index (χ1n) is 11.0. The number of benzene rings is 1. The molecule has 0 radical (unpaired) electrons. The van der Waals surface area contributed by atoms with Crippen LogP contribution in [0.4, 0.5) is 10.5 Å². The van der Waals surface area contributed by atoms with Gasteiger partial charge in [0.2, 0.25) is 3.79 Å². The van der Waals surface area contributed by atoms with E-state index in [2.05, 4.69) is 5.32 Å². The van der Waals surface area contributed by atoms with Gasteiger partial charge in [-0.05, 0) is 36.8 Å². The Balaban J connectivity index is 1.76. The predicted molar refractivity (Wildman–Crippen MR) is 124 cm³/mol. The van der Waals surface area contributed by atoms with Crippen LogP contribution in [-0.2, 0) is 19.7 Å². The fraction of sp³-hybridized carbons (Fsp3) is 0.636. The molecule has 1 saturated carbocycles. The summed E-state index contributed by atoms with van der Waals surface area (Å²) in [7, 11) is 0. The van der Waals surface area contributed by atoms with Gasteiger partial charge in [0.15, 0.2) is 0 Å². The molecule has 34 heavy (non-hydrogen) atoms. The number of hydrogen-bond donors (Lipinski definition) is 4. The zero-order valence-corrected chi connectivity index (χ0v) is 20.7. The Bertz CT molecular complexity index is 955. The third-order valence-corrected chi connectivity index (χ3v) is 7.84. The second kappa shape index (κ2) is 9.28. The van der Waals surface area contributed by atoms with Crippen LogP contribution >= 0.6 is 34.8 Å². The van der Waals surface area contributed by atoms with E-state index < -0.39 is 64.0 Å². The summed E-state index contributed by atoms with van der Waals surface area (Å²) in [5.74, 6) is -1.54. The van der Waals surface area contributed by atoms with Crippen molar-refractivity contribution >= 4 is 52.5 Å². The highest BCUT2D eigenvalue weighted by atomic mass is 35.6. The van der Waals surface area contributed by atoms with E-state index >= 15 is 0 Å². The molecule has 3 aliphatic heterocycles. The normalized spacial score (nSPS) is 32.3. The molecule has 9 nitrogen and oxygen atoms in total. The maximum atomic E-state index is 13.6. The highest BCUT2D eigenvalue weighted by molar-refractivity contribution is 6.67. The molecule has 4 N–H and O–H groups in total. The van der Waals surface area contributed by atoms with E-state index in [1.54, 1.807) is 31.2 Å². The van der Waals surface area contributed by atoms with Crippen LogP contribution in [0.15, 0.2) is 24.3 Å². The molecule has 2 amide bonds. The topological polar surface area (TPSA) is 129 Å². The number of aliphatic hydroxyl groups is 2. The van der Waals surface area contributed by atoms with Gasteiger partial charge in [0, 0.05) is 12.0 Å². The number of hydrogen-bond acceptors (Lipinski definition) is 7. The monoisotopic (exact) mass is 536 g/mol. The Morgan fingerprint density at radius 2 is 2.06 bits per heavy atom. The standard InChI is InChI=1S/C22H27Cl3N2O7/c1-2-20(31,10-28)14-7-17-21(13-5-3-4-6-16(13)27(32)18(21)29)8-15(12(14)9-33-17)26-19(30)34-11-22(23,24)25/h3-6,12,14-15,17,28,31-32H,2,7-11H2,1H3,(H,26,30)/t12-,14+,15-,17-,20+,21-/m0/s1. The lowest BCUT2D eigenvalue weighted by atomic mass is 9.70. The Hall–Kier alpha value is -1.33. The van der Waals surface area contributed by atoms with Crippen LogP contribution in [0.2, 0.25) is 0 Å². The lowest BCUT2D eigenvalue weighted by molar-refractivity contribution is -0.155. The molecule has 1 aliphatic carbocycles. The molecule has 0 unspecified atom stereocenters. The highest BCUT2D eigenvalue weighted by Crippen LogP contribution is 2.55. The molecule has 1 aromatic carbocycles. The van der Waals surface area contributed by atoms with E-state index in [1.807, 2.05) is 0 Å². The molecule has 1 spiro atoms. The first-order chi connectivity index (χ1) is 16.0. The summed E-state index contributed by atoms with van der Waals surface area (Å²) in [6, 6.07) is 6.13. The number of fused-ring (bicyclic) bond motifs is 4. The number of hydroxylamine groups is 1. The molecule has 1 aromatic rings. The summed E-state index contributed by atoms with van der Waals surface area (Å²) in [6.45, 7) is 0.895. The summed E-state index contributed by atoms with van der Waals surface area (Å²) in [5.41, 5.74) is -1.87. The minimum Gasteiger partial charge on any atom is -0.445 e. The number of alkyl halides is 3. The number of nitrogens with zero attached hydrogens (tertiary/aromatic N) is 1. The summed E-state index contributed by atoms with van der Waals surface area (Å²) in [5, 5.41) is 35.3. The molecular formula is C22H27Cl3N2O7. The minimum absolute atomic E-state index is 0.0832. The number of rotatable bonds is 5. The molecule has 3 fully saturated rings. The zero-order valence-electron chi connectivity index (χ0n) is 18.4. The van der Waals surface area contributed by atoms with E-state index in [9.17, 15) is 25.0 Å². The molecule has 0 aromatic heterocycles. The maximum Gasteiger partial charge on any atom is 0.407 e. The number of ether oxygens (including phenoxy) is 2. The molecular weight excluding hydrogens is 511 g/mol. The lowest BCUT2D eigenvalue weighted by Gasteiger charge is -2.45. The first-order valence-corrected chi connectivity index (χ1v) is 12.2. The number of halogens is 3. The Kier molecular flexibility index (Phi) is 7.03. The number of aliphatic hydroxyl groups excluding tert-OH is 1. The summed E-state index contributed by atoms with van der Waals surface area (Å²) >= 11 is 17.1. The van der Waals surface area contributed by atoms with Crippen molar-refractivity contribution in [2.75, 3.05) is 24.9 Å². The van der Waals surface area contributed by atoms with Gasteiger partial charge in [0.25, 0.3) is 5.91 Å². The molecule has 12 heteroatoms. The third kappa shape index (κ3) is 4.25. The van der Waals surface area contributed by atoms with Crippen molar-refractivity contribution in [2.24, 2.45) is 11.8 Å². The van der Waals surface area contributed by atoms with Gasteiger partial charge in [-0.2, -0.15) is 5.06 Å². The molecule has 5 rings (SSSR count). The average Bonchev–Trinajstić information content (AvgIpc) is 2.93. The zero-order chi connectivity index (χ0) is 24.9. The first kappa shape index (κ1) is 25.8. The van der Waals surface area contributed by atoms with Crippen molar-refractivity contribution < 1.29 is 34.5 Å². The fourth-order valence-corrected chi connectivity index (χ4v) is 5.92. The van der Waals surface area contributed by atoms with Crippen LogP contribution in [0.25, 0.3) is 0 Å². The second-order valence-corrected chi connectivity index (χ2v) is 11.7. The van der Waals surface area contributed by atoms with Gasteiger partial charge in [0.1, 0.15) is 12.0 Å². The Morgan fingerprint density at radius 3 is 2.71 bits per heavy atom. The Labute approximate surface area is 211 Å². The molecule has 3 heterocycles. The largest absolute Gasteiger partial charge is 0.445 e. The van der Waals surface area contributed by atoms with E-state index in [1.165, 1.54) is 0 Å². The number of alkyl carbamates (subject to hydrolysis) is 1. The predicted octanol–water partition coefficient (Wildman–Crippen LogP) is 2.68. The number of carbonyl (C=O) groups is 2. The van der Waals surface area contributed by atoms with Crippen LogP contribution in [0.3, 0.4) is 0 Å². The van der Waals surface area contributed by atoms with E-state index in [4.69, 9.17) is 44.3 Å². The van der Waals surface area contributed by atoms with Crippen LogP contribution in [0.1, 0.15) is 31.7 Å². The quantitative estimate of drug-likeness (QED) is 0.336. The van der Waals surface area contributed by atoms with Crippen molar-refractivity contribution in [3.63, 3.8) is 0 Å². The van der Waals surface area contributed by atoms with Crippen molar-refractivity contribution in [3.8, 4) is 0 Å². The van der Waals surface area contributed by atoms with Gasteiger partial charge in [-0.15, -0.1) is 0 Å². The number of nitrogens with one attached hydrogen (secondary N) is 1. The van der Waals surface area contributed by atoms with E-state index in [0.29, 0.717) is 16.3 Å². The van der Waals surface area contributed by atoms with Crippen molar-refractivity contribution in [2.45, 2.75) is 53.1 Å². The van der Waals surface area contributed by atoms with E-state index in [0.717, 1.165) is 0 Å². The van der Waals surface area contributed by atoms with Gasteiger partial charge in [-0.3, -0.25) is 10.0 Å². The molecule has 2 saturated heterocycles. The van der Waals surface area contributed by atoms with Gasteiger partial charge in [-0.25, -0.2) is 4.79 Å². The molecule has 188 valence electrons. The fourth-order valence-electron chi connectivity index (χ4n) is 5.75. The number of anilines is 1. The SMILES string of the molecule is CC[C@@](O)(CO)[C@@H]1C[C@@H]2OC[C@@H]1[C@@H](NC(=O)OCC(Cl)(Cl)Cl)C[C@@]21C(=O)N(O)c2ccccc21. The third-order valence-electron chi connectivity index (χ3n) is 7.52. The summed E-state index contributed by atoms with van der Waals surface area (Å²) < 4.78 is 9.40. The van der Waals surface area contributed by atoms with Crippen molar-refractivity contribution in [1.82, 2.24) is 5.32 Å². The van der Waals surface area contributed by atoms with Crippen LogP contribution in [-0.4, -0.2) is 68.8 Å². The average molecular weight is 538 g/mol. The highest BCUT2D eigenvalue weighted by Gasteiger charge is 2.64. The minimum atomic E-state index is -1.80. The number of para-hydroxylation sites is 1. The van der Waals surface area contributed by atoms with Crippen molar-refractivity contribution in [3.05, 3.63) is 29.8 Å². The smallest absolute Gasteiger partial charge is 0.407 e. The van der Waals surface area contributed by atoms with Crippen LogP contribution in [0, 0.1) is 11.8 Å². The van der Waals surface area contributed by atoms with Gasteiger partial charge < -0.3 is 25.0 Å². The molecule has 2 bridgehead atoms. The number of amides is 2. The van der Waals surface area contributed by atoms with Crippen LogP contribution in [0.5, 0.6) is 0 Å². The maximum absolute atomic E-state index is 13.6. The number of carbonyl (C=O) groups excluding carboxylic acids is 2.